The van der Waals surface area contributed by atoms with Crippen molar-refractivity contribution in [3.8, 4) is 11.1 Å². The maximum Gasteiger partial charge on any atom is 0.410 e. The number of hydrogen-bond acceptors (Lipinski definition) is 4. The van der Waals surface area contributed by atoms with E-state index in [0.29, 0.717) is 25.1 Å². The predicted molar refractivity (Wildman–Crippen MR) is 126 cm³/mol. The fourth-order valence-corrected chi connectivity index (χ4v) is 6.14. The molecule has 1 N–H and O–H groups in total. The third-order valence-corrected chi connectivity index (χ3v) is 7.70. The molecule has 1 aliphatic carbocycles. The van der Waals surface area contributed by atoms with Crippen LogP contribution in [0, 0.1) is 6.92 Å². The zero-order valence-electron chi connectivity index (χ0n) is 18.8. The molecule has 2 fully saturated rings. The Labute approximate surface area is 194 Å². The number of rotatable bonds is 3. The highest BCUT2D eigenvalue weighted by atomic mass is 16.6. The second-order valence-corrected chi connectivity index (χ2v) is 9.76. The van der Waals surface area contributed by atoms with E-state index in [-0.39, 0.29) is 24.1 Å². The van der Waals surface area contributed by atoms with Crippen LogP contribution >= 0.6 is 0 Å². The van der Waals surface area contributed by atoms with Crippen molar-refractivity contribution in [1.29, 1.82) is 0 Å². The van der Waals surface area contributed by atoms with Crippen molar-refractivity contribution in [2.24, 2.45) is 0 Å². The van der Waals surface area contributed by atoms with E-state index in [9.17, 15) is 9.90 Å². The third kappa shape index (κ3) is 3.34. The number of pyridine rings is 1. The summed E-state index contributed by atoms with van der Waals surface area (Å²) in [5, 5.41) is 11.4. The Morgan fingerprint density at radius 2 is 1.61 bits per heavy atom. The highest BCUT2D eigenvalue weighted by molar-refractivity contribution is 5.79. The Bertz CT molecular complexity index is 1150. The second kappa shape index (κ2) is 7.70. The molecule has 3 heterocycles. The van der Waals surface area contributed by atoms with Gasteiger partial charge in [0.2, 0.25) is 0 Å². The smallest absolute Gasteiger partial charge is 0.410 e. The molecule has 0 radical (unpaired) electrons. The normalized spacial score (nSPS) is 25.6. The van der Waals surface area contributed by atoms with Crippen molar-refractivity contribution in [2.45, 2.75) is 56.2 Å². The molecule has 5 nitrogen and oxygen atoms in total. The Morgan fingerprint density at radius 3 is 2.18 bits per heavy atom. The van der Waals surface area contributed by atoms with E-state index in [2.05, 4.69) is 41.4 Å². The molecule has 6 rings (SSSR count). The highest BCUT2D eigenvalue weighted by Gasteiger charge is 2.51. The van der Waals surface area contributed by atoms with Gasteiger partial charge in [-0.05, 0) is 53.6 Å². The molecule has 0 spiro atoms. The molecule has 5 heteroatoms. The van der Waals surface area contributed by atoms with Gasteiger partial charge < -0.3 is 14.7 Å². The van der Waals surface area contributed by atoms with Gasteiger partial charge in [-0.1, -0.05) is 54.6 Å². The minimum Gasteiger partial charge on any atom is -0.448 e. The molecular weight excluding hydrogens is 412 g/mol. The van der Waals surface area contributed by atoms with E-state index in [1.54, 1.807) is 6.20 Å². The lowest BCUT2D eigenvalue weighted by Gasteiger charge is -2.42. The number of aryl methyl sites for hydroxylation is 1. The maximum atomic E-state index is 13.2. The standard InChI is InChI=1S/C28H28N2O3/c1-18-10-13-26(29-16-18)28(32)14-19-11-12-20(15-28)30(19)27(31)33-17-25-23-8-4-2-6-21(23)22-7-3-5-9-24(22)25/h2-10,13,16,19-20,25,32H,11-12,14-15,17H2,1H3. The maximum absolute atomic E-state index is 13.2. The first-order valence-electron chi connectivity index (χ1n) is 11.8. The predicted octanol–water partition coefficient (Wildman–Crippen LogP) is 5.15. The van der Waals surface area contributed by atoms with Crippen LogP contribution in [0.3, 0.4) is 0 Å². The first-order valence-corrected chi connectivity index (χ1v) is 11.8. The van der Waals surface area contributed by atoms with E-state index in [1.165, 1.54) is 22.3 Å². The largest absolute Gasteiger partial charge is 0.448 e. The number of benzene rings is 2. The van der Waals surface area contributed by atoms with E-state index in [4.69, 9.17) is 4.74 Å². The summed E-state index contributed by atoms with van der Waals surface area (Å²) in [5.41, 5.74) is 5.67. The summed E-state index contributed by atoms with van der Waals surface area (Å²) in [7, 11) is 0. The third-order valence-electron chi connectivity index (χ3n) is 7.70. The Kier molecular flexibility index (Phi) is 4.77. The Balaban J connectivity index is 1.18. The fraction of sp³-hybridized carbons (Fsp3) is 0.357. The lowest BCUT2D eigenvalue weighted by atomic mass is 9.83. The van der Waals surface area contributed by atoms with Crippen LogP contribution in [0.1, 0.15) is 54.0 Å². The van der Waals surface area contributed by atoms with E-state index >= 15 is 0 Å². The van der Waals surface area contributed by atoms with Crippen LogP contribution < -0.4 is 0 Å². The van der Waals surface area contributed by atoms with Gasteiger partial charge in [0.1, 0.15) is 12.2 Å². The Hall–Kier alpha value is -3.18. The van der Waals surface area contributed by atoms with Gasteiger partial charge in [-0.25, -0.2) is 4.79 Å². The number of amides is 1. The monoisotopic (exact) mass is 440 g/mol. The van der Waals surface area contributed by atoms with Crippen molar-refractivity contribution >= 4 is 6.09 Å². The van der Waals surface area contributed by atoms with Crippen molar-refractivity contribution in [1.82, 2.24) is 9.88 Å². The molecule has 2 unspecified atom stereocenters. The molecule has 3 aromatic rings. The minimum absolute atomic E-state index is 0.0208. The molecule has 33 heavy (non-hydrogen) atoms. The molecule has 2 aliphatic heterocycles. The number of nitrogens with zero attached hydrogens (tertiary/aromatic N) is 2. The quantitative estimate of drug-likeness (QED) is 0.612. The number of piperidine rings is 1. The summed E-state index contributed by atoms with van der Waals surface area (Å²) >= 11 is 0. The van der Waals surface area contributed by atoms with Gasteiger partial charge in [0.05, 0.1) is 5.69 Å². The van der Waals surface area contributed by atoms with Gasteiger partial charge in [0.15, 0.2) is 0 Å². The zero-order valence-corrected chi connectivity index (χ0v) is 18.8. The van der Waals surface area contributed by atoms with Crippen LogP contribution in [0.25, 0.3) is 11.1 Å². The molecule has 2 bridgehead atoms. The van der Waals surface area contributed by atoms with Gasteiger partial charge in [0.25, 0.3) is 0 Å². The van der Waals surface area contributed by atoms with Crippen LogP contribution in [-0.4, -0.2) is 39.8 Å². The van der Waals surface area contributed by atoms with Crippen molar-refractivity contribution < 1.29 is 14.6 Å². The lowest BCUT2D eigenvalue weighted by molar-refractivity contribution is -0.0559. The molecule has 2 aromatic carbocycles. The summed E-state index contributed by atoms with van der Waals surface area (Å²) < 4.78 is 5.94. The van der Waals surface area contributed by atoms with Crippen LogP contribution in [0.5, 0.6) is 0 Å². The number of carbonyl (C=O) groups excluding carboxylic acids is 1. The number of hydrogen-bond donors (Lipinski definition) is 1. The van der Waals surface area contributed by atoms with E-state index in [0.717, 1.165) is 18.4 Å². The van der Waals surface area contributed by atoms with Gasteiger partial charge in [-0.15, -0.1) is 0 Å². The number of fused-ring (bicyclic) bond motifs is 5. The summed E-state index contributed by atoms with van der Waals surface area (Å²) in [5.74, 6) is 0.0532. The van der Waals surface area contributed by atoms with Gasteiger partial charge in [-0.3, -0.25) is 4.98 Å². The molecule has 1 aromatic heterocycles. The zero-order chi connectivity index (χ0) is 22.6. The topological polar surface area (TPSA) is 62.7 Å². The number of carbonyl (C=O) groups is 1. The Morgan fingerprint density at radius 1 is 1.00 bits per heavy atom. The minimum atomic E-state index is -0.986. The number of aliphatic hydroxyl groups is 1. The molecule has 0 saturated carbocycles. The van der Waals surface area contributed by atoms with Crippen LogP contribution in [0.15, 0.2) is 66.9 Å². The van der Waals surface area contributed by atoms with Crippen LogP contribution in [0.2, 0.25) is 0 Å². The SMILES string of the molecule is Cc1ccc(C2(O)CC3CCC(C2)N3C(=O)OCC2c3ccccc3-c3ccccc32)nc1. The summed E-state index contributed by atoms with van der Waals surface area (Å²) in [6.45, 7) is 2.32. The second-order valence-electron chi connectivity index (χ2n) is 9.76. The van der Waals surface area contributed by atoms with Gasteiger partial charge in [-0.2, -0.15) is 0 Å². The molecule has 3 aliphatic rings. The number of aromatic nitrogens is 1. The summed E-state index contributed by atoms with van der Waals surface area (Å²) in [6.07, 6.45) is 4.33. The lowest BCUT2D eigenvalue weighted by Crippen LogP contribution is -2.52. The molecule has 2 atom stereocenters. The average molecular weight is 441 g/mol. The van der Waals surface area contributed by atoms with Gasteiger partial charge >= 0.3 is 6.09 Å². The average Bonchev–Trinajstić information content (AvgIpc) is 3.30. The van der Waals surface area contributed by atoms with Crippen LogP contribution in [-0.2, 0) is 10.3 Å². The van der Waals surface area contributed by atoms with Gasteiger partial charge in [0, 0.05) is 37.0 Å². The van der Waals surface area contributed by atoms with Crippen LogP contribution in [0.4, 0.5) is 4.79 Å². The van der Waals surface area contributed by atoms with Crippen molar-refractivity contribution in [3.63, 3.8) is 0 Å². The number of ether oxygens (including phenoxy) is 1. The highest BCUT2D eigenvalue weighted by Crippen LogP contribution is 2.47. The van der Waals surface area contributed by atoms with E-state index < -0.39 is 5.60 Å². The molecule has 2 saturated heterocycles. The first kappa shape index (κ1) is 20.4. The molecule has 168 valence electrons. The fourth-order valence-electron chi connectivity index (χ4n) is 6.14. The first-order chi connectivity index (χ1) is 16.0. The summed E-state index contributed by atoms with van der Waals surface area (Å²) in [6, 6.07) is 20.6. The van der Waals surface area contributed by atoms with E-state index in [1.807, 2.05) is 36.1 Å². The molecular formula is C28H28N2O3. The molecule has 1 amide bonds. The van der Waals surface area contributed by atoms with Crippen molar-refractivity contribution in [2.75, 3.05) is 6.61 Å². The van der Waals surface area contributed by atoms with Crippen molar-refractivity contribution in [3.05, 3.63) is 89.2 Å². The summed E-state index contributed by atoms with van der Waals surface area (Å²) in [4.78, 5) is 19.6.